The molecule has 19 heavy (non-hydrogen) atoms. The largest absolute Gasteiger partial charge is 0.518 e. The molecule has 0 aromatic rings. The lowest BCUT2D eigenvalue weighted by Gasteiger charge is -2.31. The van der Waals surface area contributed by atoms with Gasteiger partial charge in [0.15, 0.2) is 0 Å². The summed E-state index contributed by atoms with van der Waals surface area (Å²) in [5, 5.41) is 9.33. The maximum atomic E-state index is 10.0. The molecule has 0 fully saturated rings. The monoisotopic (exact) mass is 286 g/mol. The fourth-order valence-corrected chi connectivity index (χ4v) is 4.55. The molecular weight excluding hydrogens is 264 g/mol. The Labute approximate surface area is 115 Å². The Balaban J connectivity index is 4.82. The zero-order valence-electron chi connectivity index (χ0n) is 11.8. The molecular formula is C12H22N2O4Si. The molecule has 0 heterocycles. The van der Waals surface area contributed by atoms with Crippen LogP contribution in [-0.2, 0) is 18.1 Å². The van der Waals surface area contributed by atoms with Crippen molar-refractivity contribution in [1.29, 1.82) is 5.26 Å². The highest BCUT2D eigenvalue weighted by Crippen LogP contribution is 2.29. The Hall–Kier alpha value is -1.03. The van der Waals surface area contributed by atoms with Crippen molar-refractivity contribution in [2.75, 3.05) is 26.4 Å². The van der Waals surface area contributed by atoms with E-state index in [-0.39, 0.29) is 0 Å². The van der Waals surface area contributed by atoms with Crippen LogP contribution in [0.1, 0.15) is 33.6 Å². The standard InChI is InChI=1S/C12H22N2O4Si/c1-4-16-19(17-5-2,18-6-3)12(10-13)8-7-9-14-11-15/h12H,4-9H2,1-3H3. The number of hydrogen-bond donors (Lipinski definition) is 0. The van der Waals surface area contributed by atoms with E-state index in [4.69, 9.17) is 13.3 Å². The number of isocyanates is 1. The van der Waals surface area contributed by atoms with Gasteiger partial charge in [0.1, 0.15) is 5.54 Å². The van der Waals surface area contributed by atoms with Crippen molar-refractivity contribution in [3.63, 3.8) is 0 Å². The smallest absolute Gasteiger partial charge is 0.373 e. The molecule has 0 spiro atoms. The lowest BCUT2D eigenvalue weighted by Crippen LogP contribution is -2.50. The summed E-state index contributed by atoms with van der Waals surface area (Å²) in [4.78, 5) is 13.5. The highest BCUT2D eigenvalue weighted by molar-refractivity contribution is 6.63. The normalized spacial score (nSPS) is 12.5. The average molecular weight is 286 g/mol. The minimum Gasteiger partial charge on any atom is -0.373 e. The van der Waals surface area contributed by atoms with Crippen molar-refractivity contribution >= 4 is 14.9 Å². The Kier molecular flexibility index (Phi) is 10.3. The summed E-state index contributed by atoms with van der Waals surface area (Å²) in [6, 6.07) is 2.22. The van der Waals surface area contributed by atoms with Gasteiger partial charge in [0.05, 0.1) is 12.6 Å². The van der Waals surface area contributed by atoms with E-state index in [1.54, 1.807) is 0 Å². The first-order valence-corrected chi connectivity index (χ1v) is 8.35. The number of nitrogens with zero attached hydrogens (tertiary/aromatic N) is 2. The fraction of sp³-hybridized carbons (Fsp3) is 0.833. The maximum absolute atomic E-state index is 10.0. The Morgan fingerprint density at radius 3 is 2.05 bits per heavy atom. The van der Waals surface area contributed by atoms with Crippen molar-refractivity contribution in [2.24, 2.45) is 4.99 Å². The second-order valence-corrected chi connectivity index (χ2v) is 6.47. The van der Waals surface area contributed by atoms with Gasteiger partial charge in [-0.15, -0.1) is 0 Å². The van der Waals surface area contributed by atoms with E-state index >= 15 is 0 Å². The first kappa shape index (κ1) is 18.0. The summed E-state index contributed by atoms with van der Waals surface area (Å²) in [5.41, 5.74) is -0.436. The first-order valence-electron chi connectivity index (χ1n) is 6.55. The SMILES string of the molecule is CCO[Si](OCC)(OCC)C(C#N)CCCN=C=O. The number of hydrogen-bond acceptors (Lipinski definition) is 6. The quantitative estimate of drug-likeness (QED) is 0.251. The molecule has 7 heteroatoms. The molecule has 0 aromatic heterocycles. The van der Waals surface area contributed by atoms with E-state index in [0.717, 1.165) is 0 Å². The van der Waals surface area contributed by atoms with Crippen LogP contribution in [0.5, 0.6) is 0 Å². The van der Waals surface area contributed by atoms with Gasteiger partial charge in [-0.05, 0) is 33.6 Å². The summed E-state index contributed by atoms with van der Waals surface area (Å²) in [6.45, 7) is 7.24. The van der Waals surface area contributed by atoms with Crippen molar-refractivity contribution in [3.05, 3.63) is 0 Å². The molecule has 0 aliphatic carbocycles. The Morgan fingerprint density at radius 2 is 1.68 bits per heavy atom. The van der Waals surface area contributed by atoms with Crippen molar-refractivity contribution in [3.8, 4) is 6.07 Å². The summed E-state index contributed by atoms with van der Waals surface area (Å²) >= 11 is 0. The fourth-order valence-electron chi connectivity index (χ4n) is 1.77. The Morgan fingerprint density at radius 1 is 1.16 bits per heavy atom. The topological polar surface area (TPSA) is 80.9 Å². The first-order chi connectivity index (χ1) is 9.20. The maximum Gasteiger partial charge on any atom is 0.518 e. The van der Waals surface area contributed by atoms with E-state index in [0.29, 0.717) is 39.2 Å². The second kappa shape index (κ2) is 10.8. The van der Waals surface area contributed by atoms with E-state index in [2.05, 4.69) is 11.1 Å². The molecule has 0 radical (unpaired) electrons. The van der Waals surface area contributed by atoms with Crippen molar-refractivity contribution < 1.29 is 18.1 Å². The third kappa shape index (κ3) is 6.10. The van der Waals surface area contributed by atoms with Gasteiger partial charge in [0.2, 0.25) is 6.08 Å². The van der Waals surface area contributed by atoms with Crippen LogP contribution in [0, 0.1) is 11.3 Å². The number of rotatable bonds is 11. The number of nitriles is 1. The minimum atomic E-state index is -2.99. The molecule has 0 aliphatic rings. The zero-order chi connectivity index (χ0) is 14.6. The molecule has 1 unspecified atom stereocenters. The van der Waals surface area contributed by atoms with Crippen LogP contribution >= 0.6 is 0 Å². The van der Waals surface area contributed by atoms with Crippen molar-refractivity contribution in [1.82, 2.24) is 0 Å². The number of carbonyl (C=O) groups excluding carboxylic acids is 1. The van der Waals surface area contributed by atoms with Crippen LogP contribution in [0.15, 0.2) is 4.99 Å². The summed E-state index contributed by atoms with van der Waals surface area (Å²) in [6.07, 6.45) is 2.63. The van der Waals surface area contributed by atoms with Gasteiger partial charge in [-0.2, -0.15) is 5.26 Å². The molecule has 108 valence electrons. The van der Waals surface area contributed by atoms with E-state index in [1.165, 1.54) is 6.08 Å². The highest BCUT2D eigenvalue weighted by Gasteiger charge is 2.49. The lowest BCUT2D eigenvalue weighted by atomic mass is 10.2. The van der Waals surface area contributed by atoms with Crippen LogP contribution in [-0.4, -0.2) is 41.2 Å². The van der Waals surface area contributed by atoms with Gasteiger partial charge in [-0.3, -0.25) is 0 Å². The molecule has 0 aliphatic heterocycles. The molecule has 0 amide bonds. The molecule has 6 nitrogen and oxygen atoms in total. The van der Waals surface area contributed by atoms with Crippen LogP contribution in [0.25, 0.3) is 0 Å². The van der Waals surface area contributed by atoms with Gasteiger partial charge in [0, 0.05) is 19.8 Å². The molecule has 1 atom stereocenters. The van der Waals surface area contributed by atoms with E-state index in [1.807, 2.05) is 20.8 Å². The third-order valence-electron chi connectivity index (χ3n) is 2.45. The van der Waals surface area contributed by atoms with Gasteiger partial charge in [-0.25, -0.2) is 9.79 Å². The number of aliphatic imine (C=N–C) groups is 1. The van der Waals surface area contributed by atoms with Crippen molar-refractivity contribution in [2.45, 2.75) is 39.2 Å². The predicted molar refractivity (Wildman–Crippen MR) is 72.2 cm³/mol. The van der Waals surface area contributed by atoms with E-state index < -0.39 is 14.3 Å². The zero-order valence-corrected chi connectivity index (χ0v) is 12.8. The molecule has 0 N–H and O–H groups in total. The minimum absolute atomic E-state index is 0.358. The van der Waals surface area contributed by atoms with Crippen LogP contribution in [0.2, 0.25) is 5.54 Å². The molecule has 0 saturated heterocycles. The van der Waals surface area contributed by atoms with Crippen LogP contribution in [0.3, 0.4) is 0 Å². The molecule has 0 aromatic carbocycles. The molecule has 0 saturated carbocycles. The Bertz CT molecular complexity index is 309. The van der Waals surface area contributed by atoms with Gasteiger partial charge >= 0.3 is 8.80 Å². The van der Waals surface area contributed by atoms with Gasteiger partial charge < -0.3 is 13.3 Å². The van der Waals surface area contributed by atoms with Crippen LogP contribution < -0.4 is 0 Å². The predicted octanol–water partition coefficient (Wildman–Crippen LogP) is 2.04. The van der Waals surface area contributed by atoms with Gasteiger partial charge in [0.25, 0.3) is 0 Å². The van der Waals surface area contributed by atoms with Gasteiger partial charge in [-0.1, -0.05) is 0 Å². The highest BCUT2D eigenvalue weighted by atomic mass is 28.4. The molecule has 0 rings (SSSR count). The van der Waals surface area contributed by atoms with E-state index in [9.17, 15) is 10.1 Å². The summed E-state index contributed by atoms with van der Waals surface area (Å²) in [5.74, 6) is 0. The average Bonchev–Trinajstić information content (AvgIpc) is 2.39. The summed E-state index contributed by atoms with van der Waals surface area (Å²) < 4.78 is 17.1. The van der Waals surface area contributed by atoms with Crippen LogP contribution in [0.4, 0.5) is 0 Å². The third-order valence-corrected chi connectivity index (χ3v) is 5.79. The summed E-state index contributed by atoms with van der Waals surface area (Å²) in [7, 11) is -2.99. The lowest BCUT2D eigenvalue weighted by molar-refractivity contribution is 0.0649. The second-order valence-electron chi connectivity index (χ2n) is 3.70. The molecule has 0 bridgehead atoms.